The lowest BCUT2D eigenvalue weighted by atomic mass is 9.64. The third kappa shape index (κ3) is 2.29. The molecular weight excluding hydrogens is 355 g/mol. The van der Waals surface area contributed by atoms with Crippen LogP contribution in [0, 0.1) is 17.1 Å². The number of anilines is 1. The quantitative estimate of drug-likeness (QED) is 0.824. The van der Waals surface area contributed by atoms with E-state index in [9.17, 15) is 14.4 Å². The van der Waals surface area contributed by atoms with Crippen LogP contribution in [0.1, 0.15) is 43.9 Å². The first-order chi connectivity index (χ1) is 13.2. The maximum absolute atomic E-state index is 14.5. The number of fused-ring (bicyclic) bond motifs is 1. The Morgan fingerprint density at radius 1 is 1.25 bits per heavy atom. The Hall–Kier alpha value is -3.20. The Morgan fingerprint density at radius 3 is 2.57 bits per heavy atom. The standard InChI is InChI=1S/C22H21FN4O/c1-21(2)10-16-18(20(28)27(21)4)22(3,13-8-6-5-7-9-13)17-14(11-24)15(23)12-25-19(17)26-16/h5-9,12H,10H2,1-4H3,(H,25,26). The summed E-state index contributed by atoms with van der Waals surface area (Å²) in [5, 5.41) is 12.9. The van der Waals surface area contributed by atoms with Crippen LogP contribution in [-0.2, 0) is 10.2 Å². The number of nitriles is 1. The van der Waals surface area contributed by atoms with E-state index in [2.05, 4.69) is 10.3 Å². The van der Waals surface area contributed by atoms with E-state index in [1.807, 2.05) is 57.2 Å². The molecule has 28 heavy (non-hydrogen) atoms. The van der Waals surface area contributed by atoms with E-state index in [1.54, 1.807) is 11.9 Å². The van der Waals surface area contributed by atoms with E-state index in [1.165, 1.54) is 0 Å². The van der Waals surface area contributed by atoms with Gasteiger partial charge in [0.05, 0.1) is 22.7 Å². The molecule has 2 aromatic rings. The van der Waals surface area contributed by atoms with Crippen molar-refractivity contribution in [2.24, 2.45) is 0 Å². The number of nitrogens with zero attached hydrogens (tertiary/aromatic N) is 3. The van der Waals surface area contributed by atoms with E-state index >= 15 is 0 Å². The molecule has 2 aliphatic rings. The van der Waals surface area contributed by atoms with Crippen LogP contribution in [0.5, 0.6) is 0 Å². The first-order valence-electron chi connectivity index (χ1n) is 9.15. The largest absolute Gasteiger partial charge is 0.343 e. The minimum Gasteiger partial charge on any atom is -0.343 e. The highest BCUT2D eigenvalue weighted by Crippen LogP contribution is 2.51. The Balaban J connectivity index is 2.11. The molecule has 142 valence electrons. The molecule has 0 saturated heterocycles. The molecule has 0 radical (unpaired) electrons. The van der Waals surface area contributed by atoms with Crippen molar-refractivity contribution in [3.05, 3.63) is 70.3 Å². The number of benzene rings is 1. The third-order valence-electron chi connectivity index (χ3n) is 6.10. The second-order valence-corrected chi connectivity index (χ2v) is 8.14. The summed E-state index contributed by atoms with van der Waals surface area (Å²) in [5.74, 6) is -0.397. The molecule has 0 bridgehead atoms. The highest BCUT2D eigenvalue weighted by atomic mass is 19.1. The van der Waals surface area contributed by atoms with E-state index in [4.69, 9.17) is 0 Å². The van der Waals surface area contributed by atoms with Crippen LogP contribution >= 0.6 is 0 Å². The van der Waals surface area contributed by atoms with Gasteiger partial charge in [-0.1, -0.05) is 30.3 Å². The molecule has 1 N–H and O–H groups in total. The lowest BCUT2D eigenvalue weighted by molar-refractivity contribution is -0.132. The van der Waals surface area contributed by atoms with Crippen LogP contribution < -0.4 is 5.32 Å². The van der Waals surface area contributed by atoms with Crippen LogP contribution in [0.4, 0.5) is 10.2 Å². The minimum atomic E-state index is -1.00. The predicted molar refractivity (Wildman–Crippen MR) is 104 cm³/mol. The first-order valence-corrected chi connectivity index (χ1v) is 9.15. The average Bonchev–Trinajstić information content (AvgIpc) is 2.67. The number of hydrogen-bond donors (Lipinski definition) is 1. The van der Waals surface area contributed by atoms with E-state index in [0.29, 0.717) is 23.4 Å². The maximum atomic E-state index is 14.5. The third-order valence-corrected chi connectivity index (χ3v) is 6.10. The van der Waals surface area contributed by atoms with Crippen molar-refractivity contribution in [3.8, 4) is 6.07 Å². The van der Waals surface area contributed by atoms with Crippen molar-refractivity contribution >= 4 is 11.7 Å². The molecule has 3 heterocycles. The van der Waals surface area contributed by atoms with Crippen LogP contribution in [-0.4, -0.2) is 28.4 Å². The molecule has 1 amide bonds. The zero-order valence-electron chi connectivity index (χ0n) is 16.3. The highest BCUT2D eigenvalue weighted by molar-refractivity contribution is 6.01. The minimum absolute atomic E-state index is 0.0873. The van der Waals surface area contributed by atoms with Crippen LogP contribution in [0.2, 0.25) is 0 Å². The second-order valence-electron chi connectivity index (χ2n) is 8.14. The van der Waals surface area contributed by atoms with Crippen molar-refractivity contribution in [2.45, 2.75) is 38.1 Å². The summed E-state index contributed by atoms with van der Waals surface area (Å²) >= 11 is 0. The molecule has 0 spiro atoms. The van der Waals surface area contributed by atoms with Crippen molar-refractivity contribution in [3.63, 3.8) is 0 Å². The van der Waals surface area contributed by atoms with E-state index in [-0.39, 0.29) is 17.0 Å². The van der Waals surface area contributed by atoms with E-state index < -0.39 is 11.2 Å². The highest BCUT2D eigenvalue weighted by Gasteiger charge is 2.51. The molecule has 0 aliphatic carbocycles. The number of carbonyl (C=O) groups is 1. The van der Waals surface area contributed by atoms with Gasteiger partial charge in [-0.2, -0.15) is 5.26 Å². The first kappa shape index (κ1) is 18.2. The fourth-order valence-electron chi connectivity index (χ4n) is 4.34. The van der Waals surface area contributed by atoms with E-state index in [0.717, 1.165) is 17.5 Å². The number of likely N-dealkylation sites (N-methyl/N-ethyl adjacent to an activating group) is 1. The van der Waals surface area contributed by atoms with Gasteiger partial charge >= 0.3 is 0 Å². The number of halogens is 1. The van der Waals surface area contributed by atoms with Gasteiger partial charge in [0, 0.05) is 30.3 Å². The van der Waals surface area contributed by atoms with Gasteiger partial charge in [-0.05, 0) is 26.3 Å². The lowest BCUT2D eigenvalue weighted by Gasteiger charge is -2.49. The van der Waals surface area contributed by atoms with Gasteiger partial charge in [-0.3, -0.25) is 4.79 Å². The van der Waals surface area contributed by atoms with Crippen molar-refractivity contribution < 1.29 is 9.18 Å². The van der Waals surface area contributed by atoms with Crippen molar-refractivity contribution in [1.82, 2.24) is 9.88 Å². The maximum Gasteiger partial charge on any atom is 0.252 e. The molecule has 1 aromatic carbocycles. The second kappa shape index (κ2) is 5.90. The van der Waals surface area contributed by atoms with Crippen LogP contribution in [0.25, 0.3) is 0 Å². The summed E-state index contributed by atoms with van der Waals surface area (Å²) in [6.45, 7) is 5.89. The number of rotatable bonds is 1. The summed E-state index contributed by atoms with van der Waals surface area (Å²) in [4.78, 5) is 19.4. The van der Waals surface area contributed by atoms with Gasteiger partial charge in [0.25, 0.3) is 5.91 Å². The van der Waals surface area contributed by atoms with Gasteiger partial charge in [0.1, 0.15) is 11.9 Å². The molecule has 5 nitrogen and oxygen atoms in total. The SMILES string of the molecule is CN1C(=O)C2=C(CC1(C)C)Nc1ncc(F)c(C#N)c1C2(C)c1ccccc1. The van der Waals surface area contributed by atoms with Gasteiger partial charge in [0.2, 0.25) is 0 Å². The van der Waals surface area contributed by atoms with Crippen LogP contribution in [0.3, 0.4) is 0 Å². The number of pyridine rings is 1. The fraction of sp³-hybridized carbons (Fsp3) is 0.318. The molecule has 0 fully saturated rings. The zero-order chi connectivity index (χ0) is 20.3. The number of hydrogen-bond acceptors (Lipinski definition) is 4. The fourth-order valence-corrected chi connectivity index (χ4v) is 4.34. The normalized spacial score (nSPS) is 22.9. The van der Waals surface area contributed by atoms with Crippen molar-refractivity contribution in [1.29, 1.82) is 5.26 Å². The Morgan fingerprint density at radius 2 is 1.93 bits per heavy atom. The smallest absolute Gasteiger partial charge is 0.252 e. The average molecular weight is 376 g/mol. The molecule has 0 saturated carbocycles. The summed E-state index contributed by atoms with van der Waals surface area (Å²) in [5.41, 5.74) is 1.06. The summed E-state index contributed by atoms with van der Waals surface area (Å²) < 4.78 is 14.5. The summed E-state index contributed by atoms with van der Waals surface area (Å²) in [7, 11) is 1.78. The lowest BCUT2D eigenvalue weighted by Crippen LogP contribution is -2.54. The van der Waals surface area contributed by atoms with Gasteiger partial charge in [0.15, 0.2) is 5.82 Å². The number of amides is 1. The van der Waals surface area contributed by atoms with Gasteiger partial charge in [-0.25, -0.2) is 9.37 Å². The molecular formula is C22H21FN4O. The number of carbonyl (C=O) groups excluding carboxylic acids is 1. The molecule has 2 aliphatic heterocycles. The number of nitrogens with one attached hydrogen (secondary N) is 1. The molecule has 1 unspecified atom stereocenters. The molecule has 1 aromatic heterocycles. The Labute approximate surface area is 163 Å². The van der Waals surface area contributed by atoms with Gasteiger partial charge < -0.3 is 10.2 Å². The monoisotopic (exact) mass is 376 g/mol. The molecule has 1 atom stereocenters. The van der Waals surface area contributed by atoms with Gasteiger partial charge in [-0.15, -0.1) is 0 Å². The van der Waals surface area contributed by atoms with Crippen molar-refractivity contribution in [2.75, 3.05) is 12.4 Å². The topological polar surface area (TPSA) is 69.0 Å². The zero-order valence-corrected chi connectivity index (χ0v) is 16.3. The molecule has 4 rings (SSSR count). The Bertz CT molecular complexity index is 1070. The van der Waals surface area contributed by atoms with Crippen LogP contribution in [0.15, 0.2) is 47.8 Å². The predicted octanol–water partition coefficient (Wildman–Crippen LogP) is 3.72. The molecule has 6 heteroatoms. The number of aromatic nitrogens is 1. The Kier molecular flexibility index (Phi) is 3.83. The summed E-state index contributed by atoms with van der Waals surface area (Å²) in [6, 6.07) is 11.4. The summed E-state index contributed by atoms with van der Waals surface area (Å²) in [6.07, 6.45) is 1.66.